The smallest absolute Gasteiger partial charge is 0.304 e. The number of aliphatic hydroxyl groups excluding tert-OH is 1. The Morgan fingerprint density at radius 1 is 1.64 bits per heavy atom. The lowest BCUT2D eigenvalue weighted by Gasteiger charge is -2.15. The first-order valence-corrected chi connectivity index (χ1v) is 7.02. The average molecular weight is 310 g/mol. The van der Waals surface area contributed by atoms with Gasteiger partial charge < -0.3 is 20.3 Å². The summed E-state index contributed by atoms with van der Waals surface area (Å²) >= 11 is 0. The summed E-state index contributed by atoms with van der Waals surface area (Å²) < 4.78 is 14.3. The number of rotatable bonds is 3. The zero-order valence-electron chi connectivity index (χ0n) is 12.7. The van der Waals surface area contributed by atoms with Crippen LogP contribution in [0.4, 0.5) is 5.95 Å². The highest BCUT2D eigenvalue weighted by molar-refractivity contribution is 5.66. The number of nitrogens with two attached hydrogens (primary N) is 1. The quantitative estimate of drug-likeness (QED) is 0.605. The number of H-pyrrole nitrogens is 1. The number of aromatic nitrogens is 4. The van der Waals surface area contributed by atoms with Crippen LogP contribution in [0, 0.1) is 5.92 Å². The van der Waals surface area contributed by atoms with E-state index < -0.39 is 12.3 Å². The molecule has 0 aromatic carbocycles. The summed E-state index contributed by atoms with van der Waals surface area (Å²) in [6, 6.07) is 0. The maximum Gasteiger partial charge on any atom is 0.304 e. The number of fused-ring (bicyclic) bond motifs is 1. The molecule has 3 heterocycles. The van der Waals surface area contributed by atoms with E-state index in [4.69, 9.17) is 15.2 Å². The maximum absolute atomic E-state index is 12.0. The topological polar surface area (TPSA) is 119 Å². The SMILES string of the molecule is COC[C@@H]1[C@@H](C)OC(n2c[n+](C)c3c(=O)[nH]c(N)nc32)[C@@H]1O. The summed E-state index contributed by atoms with van der Waals surface area (Å²) in [6.45, 7) is 2.27. The molecule has 1 saturated heterocycles. The molecule has 2 aromatic heterocycles. The van der Waals surface area contributed by atoms with Crippen LogP contribution in [0.15, 0.2) is 11.1 Å². The third kappa shape index (κ3) is 2.18. The van der Waals surface area contributed by atoms with E-state index in [2.05, 4.69) is 9.97 Å². The number of imidazole rings is 1. The second kappa shape index (κ2) is 5.34. The third-order valence-corrected chi connectivity index (χ3v) is 4.11. The van der Waals surface area contributed by atoms with Gasteiger partial charge in [-0.15, -0.1) is 0 Å². The molecule has 0 spiro atoms. The van der Waals surface area contributed by atoms with Crippen LogP contribution < -0.4 is 15.9 Å². The molecule has 2 aromatic rings. The van der Waals surface area contributed by atoms with Gasteiger partial charge in [-0.25, -0.2) is 4.57 Å². The van der Waals surface area contributed by atoms with Crippen molar-refractivity contribution in [3.8, 4) is 0 Å². The molecule has 0 bridgehead atoms. The summed E-state index contributed by atoms with van der Waals surface area (Å²) in [4.78, 5) is 18.7. The average Bonchev–Trinajstić information content (AvgIpc) is 2.90. The lowest BCUT2D eigenvalue weighted by Crippen LogP contribution is -2.32. The number of methoxy groups -OCH3 is 1. The molecule has 0 aliphatic carbocycles. The minimum absolute atomic E-state index is 0.0198. The lowest BCUT2D eigenvalue weighted by atomic mass is 10.0. The highest BCUT2D eigenvalue weighted by Gasteiger charge is 2.46. The van der Waals surface area contributed by atoms with Gasteiger partial charge in [0.1, 0.15) is 6.10 Å². The number of nitrogen functional groups attached to an aromatic ring is 1. The summed E-state index contributed by atoms with van der Waals surface area (Å²) in [5.41, 5.74) is 6.03. The van der Waals surface area contributed by atoms with E-state index in [-0.39, 0.29) is 23.5 Å². The molecule has 1 unspecified atom stereocenters. The van der Waals surface area contributed by atoms with Crippen molar-refractivity contribution in [2.75, 3.05) is 19.5 Å². The second-order valence-electron chi connectivity index (χ2n) is 5.60. The highest BCUT2D eigenvalue weighted by atomic mass is 16.5. The monoisotopic (exact) mass is 310 g/mol. The Morgan fingerprint density at radius 3 is 3.05 bits per heavy atom. The predicted octanol–water partition coefficient (Wildman–Crippen LogP) is -1.33. The van der Waals surface area contributed by atoms with Gasteiger partial charge in [0.15, 0.2) is 0 Å². The van der Waals surface area contributed by atoms with Crippen LogP contribution in [0.5, 0.6) is 0 Å². The summed E-state index contributed by atoms with van der Waals surface area (Å²) in [5.74, 6) is -0.136. The zero-order valence-corrected chi connectivity index (χ0v) is 12.7. The number of aliphatic hydroxyl groups is 1. The van der Waals surface area contributed by atoms with Gasteiger partial charge in [0.2, 0.25) is 18.5 Å². The Kier molecular flexibility index (Phi) is 3.63. The van der Waals surface area contributed by atoms with Crippen LogP contribution in [0.25, 0.3) is 11.2 Å². The van der Waals surface area contributed by atoms with Crippen molar-refractivity contribution in [3.63, 3.8) is 0 Å². The van der Waals surface area contributed by atoms with Crippen molar-refractivity contribution in [1.29, 1.82) is 0 Å². The Balaban J connectivity index is 2.10. The van der Waals surface area contributed by atoms with Crippen LogP contribution in [-0.2, 0) is 16.5 Å². The van der Waals surface area contributed by atoms with Crippen LogP contribution in [0.3, 0.4) is 0 Å². The first kappa shape index (κ1) is 14.9. The first-order valence-electron chi connectivity index (χ1n) is 7.02. The summed E-state index contributed by atoms with van der Waals surface area (Å²) in [5, 5.41) is 10.5. The van der Waals surface area contributed by atoms with Crippen molar-refractivity contribution in [3.05, 3.63) is 16.7 Å². The van der Waals surface area contributed by atoms with E-state index in [1.165, 1.54) is 0 Å². The third-order valence-electron chi connectivity index (χ3n) is 4.11. The molecule has 9 nitrogen and oxygen atoms in total. The number of anilines is 1. The molecule has 3 rings (SSSR count). The van der Waals surface area contributed by atoms with Gasteiger partial charge in [0.05, 0.1) is 19.8 Å². The van der Waals surface area contributed by atoms with E-state index >= 15 is 0 Å². The van der Waals surface area contributed by atoms with E-state index in [1.807, 2.05) is 6.92 Å². The van der Waals surface area contributed by atoms with Crippen LogP contribution in [0.2, 0.25) is 0 Å². The molecule has 9 heteroatoms. The molecular weight excluding hydrogens is 290 g/mol. The lowest BCUT2D eigenvalue weighted by molar-refractivity contribution is -0.646. The second-order valence-corrected chi connectivity index (χ2v) is 5.60. The summed E-state index contributed by atoms with van der Waals surface area (Å²) in [6.07, 6.45) is 0.0738. The fourth-order valence-electron chi connectivity index (χ4n) is 3.00. The number of nitrogens with one attached hydrogen (secondary N) is 1. The van der Waals surface area contributed by atoms with E-state index in [1.54, 1.807) is 29.6 Å². The fraction of sp³-hybridized carbons (Fsp3) is 0.615. The van der Waals surface area contributed by atoms with Crippen molar-refractivity contribution in [1.82, 2.24) is 14.5 Å². The Bertz CT molecular complexity index is 755. The zero-order chi connectivity index (χ0) is 16.0. The molecule has 0 amide bonds. The van der Waals surface area contributed by atoms with Crippen molar-refractivity contribution < 1.29 is 19.1 Å². The van der Waals surface area contributed by atoms with Crippen molar-refractivity contribution in [2.45, 2.75) is 25.4 Å². The Hall–Kier alpha value is -1.97. The first-order chi connectivity index (χ1) is 10.4. The fourth-order valence-corrected chi connectivity index (χ4v) is 3.00. The van der Waals surface area contributed by atoms with Gasteiger partial charge in [-0.2, -0.15) is 9.55 Å². The van der Waals surface area contributed by atoms with Crippen LogP contribution in [0.1, 0.15) is 13.2 Å². The van der Waals surface area contributed by atoms with Gasteiger partial charge in [-0.1, -0.05) is 0 Å². The molecule has 22 heavy (non-hydrogen) atoms. The van der Waals surface area contributed by atoms with E-state index in [0.717, 1.165) is 0 Å². The minimum Gasteiger partial charge on any atom is -0.386 e. The van der Waals surface area contributed by atoms with Crippen LogP contribution in [-0.4, -0.2) is 45.6 Å². The number of nitrogens with zero attached hydrogens (tertiary/aromatic N) is 3. The van der Waals surface area contributed by atoms with Gasteiger partial charge in [-0.3, -0.25) is 9.78 Å². The van der Waals surface area contributed by atoms with Crippen LogP contribution >= 0.6 is 0 Å². The molecule has 0 saturated carbocycles. The largest absolute Gasteiger partial charge is 0.386 e. The van der Waals surface area contributed by atoms with Gasteiger partial charge in [0, 0.05) is 13.0 Å². The highest BCUT2D eigenvalue weighted by Crippen LogP contribution is 2.34. The molecular formula is C13H20N5O4+. The summed E-state index contributed by atoms with van der Waals surface area (Å²) in [7, 11) is 3.31. The van der Waals surface area contributed by atoms with E-state index in [9.17, 15) is 9.90 Å². The molecule has 120 valence electrons. The van der Waals surface area contributed by atoms with Gasteiger partial charge in [0.25, 0.3) is 11.2 Å². The molecule has 4 atom stereocenters. The van der Waals surface area contributed by atoms with Gasteiger partial charge >= 0.3 is 5.56 Å². The Morgan fingerprint density at radius 2 is 2.36 bits per heavy atom. The normalized spacial score (nSPS) is 28.5. The van der Waals surface area contributed by atoms with E-state index in [0.29, 0.717) is 17.8 Å². The number of ether oxygens (including phenoxy) is 2. The molecule has 4 N–H and O–H groups in total. The number of hydrogen-bond acceptors (Lipinski definition) is 6. The number of hydrogen-bond donors (Lipinski definition) is 3. The van der Waals surface area contributed by atoms with Crippen molar-refractivity contribution in [2.24, 2.45) is 13.0 Å². The number of aryl methyl sites for hydroxylation is 1. The molecule has 1 fully saturated rings. The molecule has 1 aliphatic heterocycles. The number of aromatic amines is 1. The standard InChI is InChI=1S/C13H19N5O4/c1-6-7(4-21-3)9(19)12(22-6)18-5-17(2)8-10(18)15-13(14)16-11(8)20/h5-7,9,12,19H,4H2,1-3H3,(H2-,14,15,16,20)/p+1/t6-,7-,9-,12?/m1/s1. The van der Waals surface area contributed by atoms with Crippen molar-refractivity contribution >= 4 is 17.1 Å². The maximum atomic E-state index is 12.0. The Labute approximate surface area is 126 Å². The predicted molar refractivity (Wildman–Crippen MR) is 76.9 cm³/mol. The molecule has 0 radical (unpaired) electrons. The van der Waals surface area contributed by atoms with Gasteiger partial charge in [-0.05, 0) is 6.92 Å². The molecule has 1 aliphatic rings. The minimum atomic E-state index is -0.770.